The highest BCUT2D eigenvalue weighted by Crippen LogP contribution is 2.24. The lowest BCUT2D eigenvalue weighted by Gasteiger charge is -2.35. The Labute approximate surface area is 99.7 Å². The fraction of sp³-hybridized carbons (Fsp3) is 0.364. The zero-order chi connectivity index (χ0) is 12.6. The van der Waals surface area contributed by atoms with Crippen molar-refractivity contribution in [1.29, 1.82) is 0 Å². The Morgan fingerprint density at radius 3 is 2.47 bits per heavy atom. The zero-order valence-electron chi connectivity index (χ0n) is 9.29. The van der Waals surface area contributed by atoms with E-state index in [2.05, 4.69) is 0 Å². The van der Waals surface area contributed by atoms with Crippen LogP contribution in [0.25, 0.3) is 0 Å². The molecule has 5 nitrogen and oxygen atoms in total. The van der Waals surface area contributed by atoms with Crippen LogP contribution >= 0.6 is 0 Å². The van der Waals surface area contributed by atoms with Gasteiger partial charge >= 0.3 is 0 Å². The first-order valence-corrected chi connectivity index (χ1v) is 6.99. The monoisotopic (exact) mass is 254 g/mol. The van der Waals surface area contributed by atoms with Gasteiger partial charge in [0.2, 0.25) is 10.0 Å². The largest absolute Gasteiger partial charge is 0.548 e. The van der Waals surface area contributed by atoms with Crippen LogP contribution in [0.2, 0.25) is 0 Å². The number of carbonyl (C=O) groups is 1. The second-order valence-corrected chi connectivity index (χ2v) is 6.05. The lowest BCUT2D eigenvalue weighted by Crippen LogP contribution is -2.53. The van der Waals surface area contributed by atoms with E-state index < -0.39 is 22.0 Å². The Hall–Kier alpha value is -1.40. The summed E-state index contributed by atoms with van der Waals surface area (Å²) >= 11 is 0. The van der Waals surface area contributed by atoms with Gasteiger partial charge in [-0.3, -0.25) is 0 Å². The molecule has 17 heavy (non-hydrogen) atoms. The zero-order valence-corrected chi connectivity index (χ0v) is 10.1. The fourth-order valence-corrected chi connectivity index (χ4v) is 3.04. The van der Waals surface area contributed by atoms with Gasteiger partial charge in [-0.15, -0.1) is 0 Å². The summed E-state index contributed by atoms with van der Waals surface area (Å²) in [5, 5.41) is 11.0. The molecule has 0 saturated heterocycles. The Kier molecular flexibility index (Phi) is 2.92. The number of rotatable bonds is 2. The molecule has 1 heterocycles. The van der Waals surface area contributed by atoms with Crippen LogP contribution in [0.5, 0.6) is 0 Å². The number of sulfonamides is 1. The topological polar surface area (TPSA) is 77.5 Å². The molecule has 0 bridgehead atoms. The van der Waals surface area contributed by atoms with E-state index in [1.165, 1.54) is 0 Å². The van der Waals surface area contributed by atoms with Crippen molar-refractivity contribution in [3.63, 3.8) is 0 Å². The van der Waals surface area contributed by atoms with Gasteiger partial charge in [-0.05, 0) is 17.5 Å². The molecule has 2 rings (SSSR count). The first-order valence-electron chi connectivity index (χ1n) is 5.14. The minimum Gasteiger partial charge on any atom is -0.548 e. The maximum absolute atomic E-state index is 11.5. The molecule has 1 aromatic rings. The van der Waals surface area contributed by atoms with Gasteiger partial charge in [0.05, 0.1) is 18.3 Å². The number of hydrogen-bond donors (Lipinski definition) is 0. The van der Waals surface area contributed by atoms with E-state index in [9.17, 15) is 18.3 Å². The number of aliphatic carboxylic acids is 1. The van der Waals surface area contributed by atoms with Crippen LogP contribution in [-0.4, -0.2) is 31.0 Å². The van der Waals surface area contributed by atoms with Crippen LogP contribution in [0.3, 0.4) is 0 Å². The number of hydrogen-bond acceptors (Lipinski definition) is 4. The van der Waals surface area contributed by atoms with Crippen LogP contribution in [-0.2, 0) is 27.8 Å². The number of carboxylic acids is 1. The molecule has 0 saturated carbocycles. The fourth-order valence-electron chi connectivity index (χ4n) is 2.05. The molecule has 0 fully saturated rings. The van der Waals surface area contributed by atoms with Crippen molar-refractivity contribution in [2.24, 2.45) is 0 Å². The normalized spacial score (nSPS) is 20.9. The van der Waals surface area contributed by atoms with Gasteiger partial charge in [-0.2, -0.15) is 4.31 Å². The molecule has 92 valence electrons. The predicted molar refractivity (Wildman–Crippen MR) is 59.3 cm³/mol. The summed E-state index contributed by atoms with van der Waals surface area (Å²) in [4.78, 5) is 11.0. The first-order chi connectivity index (χ1) is 7.89. The standard InChI is InChI=1S/C11H13NO4S/c1-17(15,16)12-7-9-5-3-2-4-8(9)6-10(12)11(13)14/h2-5,10H,6-7H2,1H3,(H,13,14)/p-1. The van der Waals surface area contributed by atoms with Crippen molar-refractivity contribution >= 4 is 16.0 Å². The molecule has 6 heteroatoms. The van der Waals surface area contributed by atoms with E-state index in [1.807, 2.05) is 6.07 Å². The molecule has 1 aliphatic rings. The summed E-state index contributed by atoms with van der Waals surface area (Å²) in [6, 6.07) is 6.11. The molecular formula is C11H12NO4S-. The number of nitrogens with zero attached hydrogens (tertiary/aromatic N) is 1. The molecule has 0 N–H and O–H groups in total. The van der Waals surface area contributed by atoms with Crippen LogP contribution in [0.4, 0.5) is 0 Å². The maximum atomic E-state index is 11.5. The van der Waals surface area contributed by atoms with Crippen molar-refractivity contribution in [2.45, 2.75) is 19.0 Å². The van der Waals surface area contributed by atoms with Crippen LogP contribution < -0.4 is 5.11 Å². The lowest BCUT2D eigenvalue weighted by atomic mass is 9.96. The number of carboxylic acid groups (broad SMARTS) is 1. The molecule has 0 spiro atoms. The van der Waals surface area contributed by atoms with Crippen molar-refractivity contribution in [1.82, 2.24) is 4.31 Å². The van der Waals surface area contributed by atoms with Crippen LogP contribution in [0.1, 0.15) is 11.1 Å². The molecule has 0 aliphatic carbocycles. The van der Waals surface area contributed by atoms with Gasteiger partial charge in [0.25, 0.3) is 0 Å². The summed E-state index contributed by atoms with van der Waals surface area (Å²) < 4.78 is 24.1. The summed E-state index contributed by atoms with van der Waals surface area (Å²) in [7, 11) is -3.55. The SMILES string of the molecule is CS(=O)(=O)N1Cc2ccccc2CC1C(=O)[O-]. The average Bonchev–Trinajstić information content (AvgIpc) is 2.26. The van der Waals surface area contributed by atoms with E-state index in [0.29, 0.717) is 0 Å². The summed E-state index contributed by atoms with van der Waals surface area (Å²) in [5.74, 6) is -1.36. The molecule has 0 radical (unpaired) electrons. The van der Waals surface area contributed by atoms with Crippen molar-refractivity contribution in [2.75, 3.05) is 6.26 Å². The maximum Gasteiger partial charge on any atom is 0.212 e. The quantitative estimate of drug-likeness (QED) is 0.687. The first kappa shape index (κ1) is 12.1. The summed E-state index contributed by atoms with van der Waals surface area (Å²) in [6.45, 7) is 0.0909. The van der Waals surface area contributed by atoms with Crippen molar-refractivity contribution in [3.8, 4) is 0 Å². The predicted octanol–water partition coefficient (Wildman–Crippen LogP) is -0.877. The summed E-state index contributed by atoms with van der Waals surface area (Å²) in [5.41, 5.74) is 1.71. The number of carbonyl (C=O) groups excluding carboxylic acids is 1. The van der Waals surface area contributed by atoms with Crippen LogP contribution in [0.15, 0.2) is 24.3 Å². The average molecular weight is 254 g/mol. The second kappa shape index (κ2) is 4.12. The Morgan fingerprint density at radius 1 is 1.35 bits per heavy atom. The van der Waals surface area contributed by atoms with E-state index in [-0.39, 0.29) is 13.0 Å². The Bertz CT molecular complexity index is 552. The molecule has 1 aromatic carbocycles. The number of benzene rings is 1. The van der Waals surface area contributed by atoms with E-state index in [1.54, 1.807) is 18.2 Å². The van der Waals surface area contributed by atoms with Gasteiger partial charge in [0, 0.05) is 6.54 Å². The Morgan fingerprint density at radius 2 is 1.94 bits per heavy atom. The lowest BCUT2D eigenvalue weighted by molar-refractivity contribution is -0.310. The minimum atomic E-state index is -3.55. The molecule has 0 amide bonds. The summed E-state index contributed by atoms with van der Waals surface area (Å²) in [6.07, 6.45) is 1.17. The van der Waals surface area contributed by atoms with E-state index in [4.69, 9.17) is 0 Å². The minimum absolute atomic E-state index is 0.0909. The molecule has 0 aromatic heterocycles. The third kappa shape index (κ3) is 2.32. The molecular weight excluding hydrogens is 242 g/mol. The van der Waals surface area contributed by atoms with Crippen molar-refractivity contribution < 1.29 is 18.3 Å². The molecule has 1 atom stereocenters. The second-order valence-electron chi connectivity index (χ2n) is 4.12. The van der Waals surface area contributed by atoms with Crippen molar-refractivity contribution in [3.05, 3.63) is 35.4 Å². The van der Waals surface area contributed by atoms with Crippen LogP contribution in [0, 0.1) is 0 Å². The smallest absolute Gasteiger partial charge is 0.212 e. The van der Waals surface area contributed by atoms with Gasteiger partial charge in [-0.25, -0.2) is 8.42 Å². The third-order valence-corrected chi connectivity index (χ3v) is 4.14. The number of fused-ring (bicyclic) bond motifs is 1. The third-order valence-electron chi connectivity index (χ3n) is 2.90. The molecule has 1 aliphatic heterocycles. The highest BCUT2D eigenvalue weighted by atomic mass is 32.2. The van der Waals surface area contributed by atoms with Gasteiger partial charge in [0.1, 0.15) is 0 Å². The van der Waals surface area contributed by atoms with Gasteiger partial charge < -0.3 is 9.90 Å². The van der Waals surface area contributed by atoms with E-state index >= 15 is 0 Å². The Balaban J connectivity index is 2.45. The van der Waals surface area contributed by atoms with E-state index in [0.717, 1.165) is 21.7 Å². The highest BCUT2D eigenvalue weighted by Gasteiger charge is 2.32. The highest BCUT2D eigenvalue weighted by molar-refractivity contribution is 7.88. The van der Waals surface area contributed by atoms with Gasteiger partial charge in [-0.1, -0.05) is 24.3 Å². The van der Waals surface area contributed by atoms with Gasteiger partial charge in [0.15, 0.2) is 0 Å². The molecule has 1 unspecified atom stereocenters.